The van der Waals surface area contributed by atoms with Crippen molar-refractivity contribution in [2.24, 2.45) is 0 Å². The molecule has 0 atom stereocenters. The number of para-hydroxylation sites is 1. The molecular weight excluding hydrogens is 366 g/mol. The van der Waals surface area contributed by atoms with Crippen molar-refractivity contribution < 1.29 is 8.42 Å². The summed E-state index contributed by atoms with van der Waals surface area (Å²) < 4.78 is 28.2. The van der Waals surface area contributed by atoms with Crippen molar-refractivity contribution in [2.45, 2.75) is 24.3 Å². The number of pyridine rings is 1. The predicted octanol–water partition coefficient (Wildman–Crippen LogP) is 1.21. The van der Waals surface area contributed by atoms with Crippen molar-refractivity contribution in [1.82, 2.24) is 18.8 Å². The molecule has 3 heterocycles. The Labute approximate surface area is 156 Å². The topological polar surface area (TPSA) is 111 Å². The first-order valence-electron chi connectivity index (χ1n) is 8.67. The summed E-state index contributed by atoms with van der Waals surface area (Å²) in [5.74, 6) is 0.675. The zero-order valence-corrected chi connectivity index (χ0v) is 15.4. The first-order valence-corrected chi connectivity index (χ1v) is 10.1. The van der Waals surface area contributed by atoms with Crippen LogP contribution in [0.25, 0.3) is 10.9 Å². The van der Waals surface area contributed by atoms with Gasteiger partial charge in [0.05, 0.1) is 17.0 Å². The number of benzene rings is 1. The van der Waals surface area contributed by atoms with Gasteiger partial charge in [0.25, 0.3) is 5.56 Å². The standard InChI is InChI=1S/C18H19N5O3S/c19-18-14-5-1-2-6-15(14)20-16(21-18)12-22-11-13(7-8-17(22)24)27(25,26)23-9-3-4-10-23/h1-2,5-8,11H,3-4,9-10,12H2,(H2,19,20,21). The fraction of sp³-hybridized carbons (Fsp3) is 0.278. The largest absolute Gasteiger partial charge is 0.383 e. The third kappa shape index (κ3) is 3.31. The van der Waals surface area contributed by atoms with E-state index >= 15 is 0 Å². The van der Waals surface area contributed by atoms with Gasteiger partial charge >= 0.3 is 0 Å². The maximum Gasteiger partial charge on any atom is 0.251 e. The van der Waals surface area contributed by atoms with Crippen LogP contribution in [0.4, 0.5) is 5.82 Å². The molecule has 1 fully saturated rings. The number of aromatic nitrogens is 3. The van der Waals surface area contributed by atoms with Gasteiger partial charge in [-0.25, -0.2) is 18.4 Å². The molecule has 0 saturated carbocycles. The summed E-state index contributed by atoms with van der Waals surface area (Å²) in [4.78, 5) is 21.0. The quantitative estimate of drug-likeness (QED) is 0.722. The van der Waals surface area contributed by atoms with Crippen LogP contribution in [0, 0.1) is 0 Å². The molecule has 4 rings (SSSR count). The molecule has 9 heteroatoms. The monoisotopic (exact) mass is 385 g/mol. The van der Waals surface area contributed by atoms with E-state index in [-0.39, 0.29) is 17.0 Å². The third-order valence-electron chi connectivity index (χ3n) is 4.65. The molecule has 0 radical (unpaired) electrons. The Bertz CT molecular complexity index is 1170. The molecule has 1 aromatic carbocycles. The molecule has 2 N–H and O–H groups in total. The lowest BCUT2D eigenvalue weighted by Gasteiger charge is -2.16. The Morgan fingerprint density at radius 1 is 1.04 bits per heavy atom. The van der Waals surface area contributed by atoms with Crippen LogP contribution in [0.1, 0.15) is 18.7 Å². The van der Waals surface area contributed by atoms with Gasteiger partial charge in [0, 0.05) is 30.7 Å². The molecule has 8 nitrogen and oxygen atoms in total. The maximum atomic E-state index is 12.7. The SMILES string of the molecule is Nc1nc(Cn2cc(S(=O)(=O)N3CCCC3)ccc2=O)nc2ccccc12. The second-order valence-corrected chi connectivity index (χ2v) is 8.42. The van der Waals surface area contributed by atoms with Crippen molar-refractivity contribution in [3.63, 3.8) is 0 Å². The number of hydrogen-bond donors (Lipinski definition) is 1. The average Bonchev–Trinajstić information content (AvgIpc) is 3.19. The molecule has 27 heavy (non-hydrogen) atoms. The Kier molecular flexibility index (Phi) is 4.40. The van der Waals surface area contributed by atoms with Crippen molar-refractivity contribution in [3.05, 3.63) is 58.8 Å². The zero-order chi connectivity index (χ0) is 19.0. The molecule has 0 amide bonds. The van der Waals surface area contributed by atoms with Crippen LogP contribution in [0.2, 0.25) is 0 Å². The summed E-state index contributed by atoms with van der Waals surface area (Å²) in [6.45, 7) is 1.05. The van der Waals surface area contributed by atoms with Gasteiger partial charge in [-0.3, -0.25) is 4.79 Å². The van der Waals surface area contributed by atoms with E-state index < -0.39 is 10.0 Å². The lowest BCUT2D eigenvalue weighted by atomic mass is 10.2. The molecule has 1 aliphatic rings. The van der Waals surface area contributed by atoms with E-state index in [0.717, 1.165) is 18.2 Å². The normalized spacial score (nSPS) is 15.4. The highest BCUT2D eigenvalue weighted by molar-refractivity contribution is 7.89. The van der Waals surface area contributed by atoms with E-state index in [1.54, 1.807) is 0 Å². The number of nitrogens with zero attached hydrogens (tertiary/aromatic N) is 4. The highest BCUT2D eigenvalue weighted by Crippen LogP contribution is 2.20. The molecule has 0 spiro atoms. The van der Waals surface area contributed by atoms with Crippen LogP contribution in [0.15, 0.2) is 52.3 Å². The van der Waals surface area contributed by atoms with Crippen LogP contribution in [0.3, 0.4) is 0 Å². The number of anilines is 1. The number of fused-ring (bicyclic) bond motifs is 1. The van der Waals surface area contributed by atoms with E-state index in [1.165, 1.54) is 27.2 Å². The number of nitrogens with two attached hydrogens (primary N) is 1. The summed E-state index contributed by atoms with van der Waals surface area (Å²) in [5.41, 5.74) is 6.34. The molecule has 140 valence electrons. The fourth-order valence-electron chi connectivity index (χ4n) is 3.24. The molecule has 2 aromatic heterocycles. The molecule has 0 bridgehead atoms. The van der Waals surface area contributed by atoms with Gasteiger partial charge in [0.2, 0.25) is 10.0 Å². The molecule has 0 unspecified atom stereocenters. The van der Waals surface area contributed by atoms with Crippen LogP contribution < -0.4 is 11.3 Å². The Morgan fingerprint density at radius 3 is 2.56 bits per heavy atom. The van der Waals surface area contributed by atoms with Crippen LogP contribution in [-0.4, -0.2) is 40.3 Å². The van der Waals surface area contributed by atoms with Crippen LogP contribution in [-0.2, 0) is 16.6 Å². The van der Waals surface area contributed by atoms with Crippen molar-refractivity contribution in [1.29, 1.82) is 0 Å². The zero-order valence-electron chi connectivity index (χ0n) is 14.6. The van der Waals surface area contributed by atoms with Crippen LogP contribution in [0.5, 0.6) is 0 Å². The van der Waals surface area contributed by atoms with E-state index in [0.29, 0.717) is 30.2 Å². The smallest absolute Gasteiger partial charge is 0.251 e. The van der Waals surface area contributed by atoms with Gasteiger partial charge in [-0.1, -0.05) is 12.1 Å². The molecule has 1 saturated heterocycles. The highest BCUT2D eigenvalue weighted by atomic mass is 32.2. The van der Waals surface area contributed by atoms with Gasteiger partial charge in [-0.15, -0.1) is 0 Å². The molecular formula is C18H19N5O3S. The van der Waals surface area contributed by atoms with Gasteiger partial charge in [0.15, 0.2) is 5.82 Å². The first kappa shape index (κ1) is 17.6. The Morgan fingerprint density at radius 2 is 1.78 bits per heavy atom. The van der Waals surface area contributed by atoms with Gasteiger partial charge in [-0.05, 0) is 31.0 Å². The van der Waals surface area contributed by atoms with E-state index in [2.05, 4.69) is 9.97 Å². The molecule has 0 aliphatic carbocycles. The van der Waals surface area contributed by atoms with Crippen molar-refractivity contribution in [3.8, 4) is 0 Å². The summed E-state index contributed by atoms with van der Waals surface area (Å²) in [6, 6.07) is 9.93. The molecule has 1 aliphatic heterocycles. The number of sulfonamides is 1. The minimum atomic E-state index is -3.60. The van der Waals surface area contributed by atoms with E-state index in [1.807, 2.05) is 24.3 Å². The predicted molar refractivity (Wildman–Crippen MR) is 102 cm³/mol. The summed E-state index contributed by atoms with van der Waals surface area (Å²) in [6.07, 6.45) is 3.05. The number of rotatable bonds is 4. The lowest BCUT2D eigenvalue weighted by Crippen LogP contribution is -2.30. The second-order valence-electron chi connectivity index (χ2n) is 6.48. The Hall–Kier alpha value is -2.78. The lowest BCUT2D eigenvalue weighted by molar-refractivity contribution is 0.476. The fourth-order valence-corrected chi connectivity index (χ4v) is 4.77. The van der Waals surface area contributed by atoms with Gasteiger partial charge in [0.1, 0.15) is 5.82 Å². The summed E-state index contributed by atoms with van der Waals surface area (Å²) in [7, 11) is -3.60. The molecule has 3 aromatic rings. The van der Waals surface area contributed by atoms with E-state index in [9.17, 15) is 13.2 Å². The average molecular weight is 385 g/mol. The third-order valence-corrected chi connectivity index (χ3v) is 6.53. The van der Waals surface area contributed by atoms with Crippen molar-refractivity contribution in [2.75, 3.05) is 18.8 Å². The highest BCUT2D eigenvalue weighted by Gasteiger charge is 2.27. The first-order chi connectivity index (χ1) is 12.9. The second kappa shape index (κ2) is 6.75. The summed E-state index contributed by atoms with van der Waals surface area (Å²) >= 11 is 0. The van der Waals surface area contributed by atoms with Crippen LogP contribution >= 0.6 is 0 Å². The summed E-state index contributed by atoms with van der Waals surface area (Å²) in [5, 5.41) is 0.735. The number of hydrogen-bond acceptors (Lipinski definition) is 6. The number of nitrogen functional groups attached to an aromatic ring is 1. The minimum absolute atomic E-state index is 0.0389. The van der Waals surface area contributed by atoms with E-state index in [4.69, 9.17) is 5.73 Å². The van der Waals surface area contributed by atoms with Gasteiger partial charge in [-0.2, -0.15) is 4.31 Å². The minimum Gasteiger partial charge on any atom is -0.383 e. The van der Waals surface area contributed by atoms with Gasteiger partial charge < -0.3 is 10.3 Å². The Balaban J connectivity index is 1.71. The maximum absolute atomic E-state index is 12.7. The van der Waals surface area contributed by atoms with Crippen molar-refractivity contribution >= 4 is 26.7 Å².